The van der Waals surface area contributed by atoms with Gasteiger partial charge in [-0.15, -0.1) is 0 Å². The molecule has 74 valence electrons. The number of nitrogens with one attached hydrogen (secondary N) is 2. The number of Topliss-reactive ketones (excluding diaryl/α,β-unsaturated/α-hetero) is 1. The Morgan fingerprint density at radius 1 is 1.21 bits per heavy atom. The second kappa shape index (κ2) is 3.33. The Hall–Kier alpha value is -1.51. The van der Waals surface area contributed by atoms with Crippen molar-refractivity contribution in [1.29, 1.82) is 0 Å². The highest BCUT2D eigenvalue weighted by molar-refractivity contribution is 5.94. The van der Waals surface area contributed by atoms with Crippen LogP contribution in [0.2, 0.25) is 0 Å². The molecule has 2 N–H and O–H groups in total. The Balaban J connectivity index is 2.35. The maximum atomic E-state index is 11.3. The van der Waals surface area contributed by atoms with Crippen LogP contribution < -0.4 is 10.6 Å². The van der Waals surface area contributed by atoms with Crippen LogP contribution in [0.25, 0.3) is 0 Å². The summed E-state index contributed by atoms with van der Waals surface area (Å²) in [6, 6.07) is 0. The van der Waals surface area contributed by atoms with Gasteiger partial charge in [-0.25, -0.2) is 0 Å². The number of hydrogen-bond acceptors (Lipinski definition) is 3. The number of rotatable bonds is 1. The van der Waals surface area contributed by atoms with Gasteiger partial charge in [-0.3, -0.25) is 4.79 Å². The highest BCUT2D eigenvalue weighted by Gasteiger charge is 2.20. The zero-order valence-corrected chi connectivity index (χ0v) is 8.48. The number of carbonyl (C=O) groups is 1. The molecule has 0 fully saturated rings. The van der Waals surface area contributed by atoms with Crippen LogP contribution >= 0.6 is 0 Å². The molecule has 0 atom stereocenters. The summed E-state index contributed by atoms with van der Waals surface area (Å²) in [5.74, 6) is 0.0699. The summed E-state index contributed by atoms with van der Waals surface area (Å²) in [4.78, 5) is 11.3. The maximum absolute atomic E-state index is 11.3. The Morgan fingerprint density at radius 2 is 1.79 bits per heavy atom. The Kier molecular flexibility index (Phi) is 2.15. The zero-order chi connectivity index (χ0) is 10.1. The van der Waals surface area contributed by atoms with Gasteiger partial charge in [-0.05, 0) is 19.8 Å². The third-order valence-electron chi connectivity index (χ3n) is 2.46. The van der Waals surface area contributed by atoms with Crippen molar-refractivity contribution in [3.63, 3.8) is 0 Å². The first-order valence-electron chi connectivity index (χ1n) is 4.85. The molecule has 0 radical (unpaired) electrons. The molecule has 0 saturated heterocycles. The largest absolute Gasteiger partial charge is 0.356 e. The normalized spacial score (nSPS) is 20.1. The molecule has 1 aliphatic carbocycles. The van der Waals surface area contributed by atoms with Crippen LogP contribution in [0, 0.1) is 0 Å². The SMILES string of the molecule is CC(=O)C1=C(C)NC2=CCCC=C2N1. The monoisotopic (exact) mass is 190 g/mol. The smallest absolute Gasteiger partial charge is 0.177 e. The number of allylic oxidation sites excluding steroid dienone is 4. The quantitative estimate of drug-likeness (QED) is 0.659. The molecule has 0 aromatic heterocycles. The average Bonchev–Trinajstić information content (AvgIpc) is 2.16. The Morgan fingerprint density at radius 3 is 2.36 bits per heavy atom. The molecular formula is C11H14N2O. The van der Waals surface area contributed by atoms with E-state index in [1.165, 1.54) is 0 Å². The van der Waals surface area contributed by atoms with Crippen molar-refractivity contribution in [2.75, 3.05) is 0 Å². The van der Waals surface area contributed by atoms with Gasteiger partial charge in [0.25, 0.3) is 0 Å². The fourth-order valence-electron chi connectivity index (χ4n) is 1.76. The molecule has 3 nitrogen and oxygen atoms in total. The third kappa shape index (κ3) is 1.45. The minimum atomic E-state index is 0.0699. The van der Waals surface area contributed by atoms with Gasteiger partial charge < -0.3 is 10.6 Å². The van der Waals surface area contributed by atoms with E-state index >= 15 is 0 Å². The summed E-state index contributed by atoms with van der Waals surface area (Å²) in [6.45, 7) is 3.49. The number of ketones is 1. The van der Waals surface area contributed by atoms with Gasteiger partial charge in [0.2, 0.25) is 0 Å². The molecule has 0 amide bonds. The molecule has 0 spiro atoms. The lowest BCUT2D eigenvalue weighted by atomic mass is 10.0. The van der Waals surface area contributed by atoms with Crippen LogP contribution in [-0.4, -0.2) is 5.78 Å². The first kappa shape index (κ1) is 9.06. The first-order valence-corrected chi connectivity index (χ1v) is 4.85. The minimum Gasteiger partial charge on any atom is -0.356 e. The van der Waals surface area contributed by atoms with E-state index in [-0.39, 0.29) is 5.78 Å². The van der Waals surface area contributed by atoms with Crippen LogP contribution in [0.1, 0.15) is 26.7 Å². The lowest BCUT2D eigenvalue weighted by Gasteiger charge is -2.27. The van der Waals surface area contributed by atoms with Gasteiger partial charge in [0.15, 0.2) is 5.78 Å². The highest BCUT2D eigenvalue weighted by atomic mass is 16.1. The molecule has 0 aromatic carbocycles. The van der Waals surface area contributed by atoms with Crippen molar-refractivity contribution in [3.05, 3.63) is 34.9 Å². The van der Waals surface area contributed by atoms with Crippen LogP contribution in [0.3, 0.4) is 0 Å². The Labute approximate surface area is 83.6 Å². The summed E-state index contributed by atoms with van der Waals surface area (Å²) in [5.41, 5.74) is 3.71. The summed E-state index contributed by atoms with van der Waals surface area (Å²) in [6.07, 6.45) is 6.38. The number of hydrogen-bond donors (Lipinski definition) is 2. The minimum absolute atomic E-state index is 0.0699. The van der Waals surface area contributed by atoms with Crippen molar-refractivity contribution in [3.8, 4) is 0 Å². The van der Waals surface area contributed by atoms with Crippen molar-refractivity contribution >= 4 is 5.78 Å². The molecule has 14 heavy (non-hydrogen) atoms. The summed E-state index contributed by atoms with van der Waals surface area (Å²) in [7, 11) is 0. The molecule has 0 saturated carbocycles. The van der Waals surface area contributed by atoms with E-state index in [2.05, 4.69) is 22.8 Å². The van der Waals surface area contributed by atoms with Crippen LogP contribution in [0.15, 0.2) is 34.9 Å². The molecule has 2 aliphatic rings. The van der Waals surface area contributed by atoms with E-state index < -0.39 is 0 Å². The van der Waals surface area contributed by atoms with Crippen LogP contribution in [-0.2, 0) is 4.79 Å². The molecule has 3 heteroatoms. The van der Waals surface area contributed by atoms with E-state index in [4.69, 9.17) is 0 Å². The molecule has 1 aliphatic heterocycles. The van der Waals surface area contributed by atoms with Crippen LogP contribution in [0.5, 0.6) is 0 Å². The second-order valence-electron chi connectivity index (χ2n) is 3.62. The lowest BCUT2D eigenvalue weighted by molar-refractivity contribution is -0.114. The van der Waals surface area contributed by atoms with E-state index in [1.807, 2.05) is 6.92 Å². The maximum Gasteiger partial charge on any atom is 0.177 e. The number of carbonyl (C=O) groups excluding carboxylic acids is 1. The molecule has 2 rings (SSSR count). The average molecular weight is 190 g/mol. The first-order chi connectivity index (χ1) is 6.68. The zero-order valence-electron chi connectivity index (χ0n) is 8.48. The molecular weight excluding hydrogens is 176 g/mol. The van der Waals surface area contributed by atoms with Crippen molar-refractivity contribution in [2.45, 2.75) is 26.7 Å². The number of fused-ring (bicyclic) bond motifs is 1. The van der Waals surface area contributed by atoms with E-state index in [1.54, 1.807) is 6.92 Å². The van der Waals surface area contributed by atoms with E-state index in [9.17, 15) is 4.79 Å². The van der Waals surface area contributed by atoms with Crippen molar-refractivity contribution < 1.29 is 4.79 Å². The van der Waals surface area contributed by atoms with Crippen molar-refractivity contribution in [1.82, 2.24) is 10.6 Å². The van der Waals surface area contributed by atoms with E-state index in [0.717, 1.165) is 29.9 Å². The lowest BCUT2D eigenvalue weighted by Crippen LogP contribution is -2.34. The van der Waals surface area contributed by atoms with Gasteiger partial charge in [0, 0.05) is 12.6 Å². The Bertz CT molecular complexity index is 375. The van der Waals surface area contributed by atoms with Crippen molar-refractivity contribution in [2.24, 2.45) is 0 Å². The molecule has 1 heterocycles. The molecule has 0 aromatic rings. The predicted octanol–water partition coefficient (Wildman–Crippen LogP) is 1.56. The summed E-state index contributed by atoms with van der Waals surface area (Å²) in [5, 5.41) is 6.40. The molecule has 0 unspecified atom stereocenters. The standard InChI is InChI=1S/C11H14N2O/c1-7-11(8(2)14)13-10-6-4-3-5-9(10)12-7/h5-6,12-13H,3-4H2,1-2H3. The third-order valence-corrected chi connectivity index (χ3v) is 2.46. The van der Waals surface area contributed by atoms with E-state index in [0.29, 0.717) is 5.70 Å². The summed E-state index contributed by atoms with van der Waals surface area (Å²) >= 11 is 0. The second-order valence-corrected chi connectivity index (χ2v) is 3.62. The molecule has 0 bridgehead atoms. The van der Waals surface area contributed by atoms with Crippen LogP contribution in [0.4, 0.5) is 0 Å². The fourth-order valence-corrected chi connectivity index (χ4v) is 1.76. The fraction of sp³-hybridized carbons (Fsp3) is 0.364. The van der Waals surface area contributed by atoms with Gasteiger partial charge in [-0.2, -0.15) is 0 Å². The van der Waals surface area contributed by atoms with Gasteiger partial charge >= 0.3 is 0 Å². The van der Waals surface area contributed by atoms with Gasteiger partial charge in [0.05, 0.1) is 11.4 Å². The van der Waals surface area contributed by atoms with Gasteiger partial charge in [-0.1, -0.05) is 12.2 Å². The van der Waals surface area contributed by atoms with Gasteiger partial charge in [0.1, 0.15) is 5.70 Å². The highest BCUT2D eigenvalue weighted by Crippen LogP contribution is 2.21. The topological polar surface area (TPSA) is 41.1 Å². The summed E-state index contributed by atoms with van der Waals surface area (Å²) < 4.78 is 0. The predicted molar refractivity (Wildman–Crippen MR) is 55.1 cm³/mol.